The SMILES string of the molecule is Cc1cc(CC#N)ccc1Sc1ccccc1. The molecule has 1 nitrogen and oxygen atoms in total. The Morgan fingerprint density at radius 2 is 1.88 bits per heavy atom. The highest BCUT2D eigenvalue weighted by molar-refractivity contribution is 7.99. The maximum atomic E-state index is 8.66. The second kappa shape index (κ2) is 5.56. The number of hydrogen-bond donors (Lipinski definition) is 0. The summed E-state index contributed by atoms with van der Waals surface area (Å²) in [7, 11) is 0. The van der Waals surface area contributed by atoms with Crippen molar-refractivity contribution in [3.63, 3.8) is 0 Å². The van der Waals surface area contributed by atoms with Crippen molar-refractivity contribution < 1.29 is 0 Å². The number of nitriles is 1. The van der Waals surface area contributed by atoms with Crippen molar-refractivity contribution in [3.8, 4) is 6.07 Å². The molecule has 2 heteroatoms. The van der Waals surface area contributed by atoms with Gasteiger partial charge in [0.05, 0.1) is 12.5 Å². The van der Waals surface area contributed by atoms with Crippen LogP contribution < -0.4 is 0 Å². The normalized spacial score (nSPS) is 9.88. The number of rotatable bonds is 3. The van der Waals surface area contributed by atoms with Gasteiger partial charge in [0, 0.05) is 9.79 Å². The molecule has 0 amide bonds. The van der Waals surface area contributed by atoms with Crippen LogP contribution in [-0.2, 0) is 6.42 Å². The molecule has 2 aromatic carbocycles. The first-order valence-electron chi connectivity index (χ1n) is 5.49. The molecule has 0 aliphatic rings. The van der Waals surface area contributed by atoms with Crippen molar-refractivity contribution in [1.82, 2.24) is 0 Å². The molecule has 0 spiro atoms. The zero-order chi connectivity index (χ0) is 12.1. The summed E-state index contributed by atoms with van der Waals surface area (Å²) in [4.78, 5) is 2.49. The molecule has 0 N–H and O–H groups in total. The van der Waals surface area contributed by atoms with Crippen LogP contribution in [0, 0.1) is 18.3 Å². The molecule has 0 heterocycles. The summed E-state index contributed by atoms with van der Waals surface area (Å²) in [6.45, 7) is 2.09. The maximum absolute atomic E-state index is 8.66. The summed E-state index contributed by atoms with van der Waals surface area (Å²) >= 11 is 1.76. The first-order valence-corrected chi connectivity index (χ1v) is 6.30. The lowest BCUT2D eigenvalue weighted by atomic mass is 10.1. The Labute approximate surface area is 106 Å². The second-order valence-corrected chi connectivity index (χ2v) is 4.97. The predicted octanol–water partition coefficient (Wildman–Crippen LogP) is 4.21. The van der Waals surface area contributed by atoms with E-state index in [0.29, 0.717) is 6.42 Å². The van der Waals surface area contributed by atoms with Gasteiger partial charge in [-0.1, -0.05) is 42.1 Å². The average molecular weight is 239 g/mol. The van der Waals surface area contributed by atoms with E-state index in [1.54, 1.807) is 11.8 Å². The number of aryl methyl sites for hydroxylation is 1. The van der Waals surface area contributed by atoms with Gasteiger partial charge in [-0.05, 0) is 36.2 Å². The minimum atomic E-state index is 0.483. The molecule has 0 unspecified atom stereocenters. The Kier molecular flexibility index (Phi) is 3.85. The zero-order valence-electron chi connectivity index (χ0n) is 9.68. The molecule has 0 aliphatic heterocycles. The van der Waals surface area contributed by atoms with Crippen LogP contribution in [0.2, 0.25) is 0 Å². The molecule has 2 rings (SSSR count). The van der Waals surface area contributed by atoms with Crippen LogP contribution in [0.25, 0.3) is 0 Å². The molecule has 0 aliphatic carbocycles. The van der Waals surface area contributed by atoms with Gasteiger partial charge < -0.3 is 0 Å². The highest BCUT2D eigenvalue weighted by Crippen LogP contribution is 2.30. The molecule has 17 heavy (non-hydrogen) atoms. The Morgan fingerprint density at radius 3 is 2.53 bits per heavy atom. The van der Waals surface area contributed by atoms with Crippen molar-refractivity contribution >= 4 is 11.8 Å². The molecular formula is C15H13NS. The fraction of sp³-hybridized carbons (Fsp3) is 0.133. The van der Waals surface area contributed by atoms with E-state index >= 15 is 0 Å². The van der Waals surface area contributed by atoms with E-state index in [1.165, 1.54) is 15.4 Å². The van der Waals surface area contributed by atoms with Gasteiger partial charge in [-0.2, -0.15) is 5.26 Å². The summed E-state index contributed by atoms with van der Waals surface area (Å²) in [5, 5.41) is 8.66. The van der Waals surface area contributed by atoms with Crippen LogP contribution in [0.5, 0.6) is 0 Å². The number of nitrogens with zero attached hydrogens (tertiary/aromatic N) is 1. The minimum Gasteiger partial charge on any atom is -0.198 e. The van der Waals surface area contributed by atoms with E-state index in [4.69, 9.17) is 5.26 Å². The van der Waals surface area contributed by atoms with Gasteiger partial charge in [0.1, 0.15) is 0 Å². The molecule has 84 valence electrons. The number of hydrogen-bond acceptors (Lipinski definition) is 2. The van der Waals surface area contributed by atoms with Crippen LogP contribution >= 0.6 is 11.8 Å². The average Bonchev–Trinajstić information content (AvgIpc) is 2.34. The maximum Gasteiger partial charge on any atom is 0.0669 e. The third-order valence-corrected chi connectivity index (χ3v) is 3.68. The van der Waals surface area contributed by atoms with E-state index in [2.05, 4.69) is 37.3 Å². The topological polar surface area (TPSA) is 23.8 Å². The minimum absolute atomic E-state index is 0.483. The van der Waals surface area contributed by atoms with Gasteiger partial charge in [0.15, 0.2) is 0 Å². The Morgan fingerprint density at radius 1 is 1.12 bits per heavy atom. The molecule has 2 aromatic rings. The van der Waals surface area contributed by atoms with E-state index in [1.807, 2.05) is 24.3 Å². The summed E-state index contributed by atoms with van der Waals surface area (Å²) in [5.74, 6) is 0. The first kappa shape index (κ1) is 11.8. The number of benzene rings is 2. The van der Waals surface area contributed by atoms with Crippen molar-refractivity contribution in [3.05, 3.63) is 59.7 Å². The molecule has 0 atom stereocenters. The lowest BCUT2D eigenvalue weighted by Gasteiger charge is -2.06. The summed E-state index contributed by atoms with van der Waals surface area (Å²) in [6.07, 6.45) is 0.483. The van der Waals surface area contributed by atoms with Crippen LogP contribution in [0.3, 0.4) is 0 Å². The molecular weight excluding hydrogens is 226 g/mol. The molecule has 0 bridgehead atoms. The quantitative estimate of drug-likeness (QED) is 0.801. The third-order valence-electron chi connectivity index (χ3n) is 2.49. The van der Waals surface area contributed by atoms with Crippen LogP contribution in [0.4, 0.5) is 0 Å². The molecule has 0 saturated heterocycles. The van der Waals surface area contributed by atoms with Gasteiger partial charge in [-0.25, -0.2) is 0 Å². The fourth-order valence-electron chi connectivity index (χ4n) is 1.64. The Bertz CT molecular complexity index is 541. The molecule has 0 aromatic heterocycles. The smallest absolute Gasteiger partial charge is 0.0669 e. The van der Waals surface area contributed by atoms with E-state index < -0.39 is 0 Å². The van der Waals surface area contributed by atoms with Crippen molar-refractivity contribution in [2.24, 2.45) is 0 Å². The lowest BCUT2D eigenvalue weighted by molar-refractivity contribution is 1.20. The highest BCUT2D eigenvalue weighted by Gasteiger charge is 2.02. The highest BCUT2D eigenvalue weighted by atomic mass is 32.2. The van der Waals surface area contributed by atoms with Crippen LogP contribution in [0.15, 0.2) is 58.3 Å². The van der Waals surface area contributed by atoms with E-state index in [9.17, 15) is 0 Å². The fourth-order valence-corrected chi connectivity index (χ4v) is 2.55. The van der Waals surface area contributed by atoms with E-state index in [0.717, 1.165) is 5.56 Å². The van der Waals surface area contributed by atoms with Crippen molar-refractivity contribution in [2.45, 2.75) is 23.1 Å². The first-order chi connectivity index (χ1) is 8.29. The summed E-state index contributed by atoms with van der Waals surface area (Å²) in [6, 6.07) is 18.7. The monoisotopic (exact) mass is 239 g/mol. The molecule has 0 fully saturated rings. The van der Waals surface area contributed by atoms with Crippen molar-refractivity contribution in [2.75, 3.05) is 0 Å². The summed E-state index contributed by atoms with van der Waals surface area (Å²) in [5.41, 5.74) is 2.31. The van der Waals surface area contributed by atoms with Crippen LogP contribution in [-0.4, -0.2) is 0 Å². The van der Waals surface area contributed by atoms with Gasteiger partial charge in [0.2, 0.25) is 0 Å². The standard InChI is InChI=1S/C15H13NS/c1-12-11-13(9-10-16)7-8-15(12)17-14-5-3-2-4-6-14/h2-8,11H,9H2,1H3. The van der Waals surface area contributed by atoms with E-state index in [-0.39, 0.29) is 0 Å². The van der Waals surface area contributed by atoms with Gasteiger partial charge in [-0.15, -0.1) is 0 Å². The van der Waals surface area contributed by atoms with Crippen molar-refractivity contribution in [1.29, 1.82) is 5.26 Å². The van der Waals surface area contributed by atoms with Crippen LogP contribution in [0.1, 0.15) is 11.1 Å². The lowest BCUT2D eigenvalue weighted by Crippen LogP contribution is -1.85. The van der Waals surface area contributed by atoms with Gasteiger partial charge >= 0.3 is 0 Å². The molecule has 0 radical (unpaired) electrons. The van der Waals surface area contributed by atoms with Gasteiger partial charge in [0.25, 0.3) is 0 Å². The largest absolute Gasteiger partial charge is 0.198 e. The Balaban J connectivity index is 2.20. The Hall–Kier alpha value is -1.72. The summed E-state index contributed by atoms with van der Waals surface area (Å²) < 4.78 is 0. The third kappa shape index (κ3) is 3.12. The molecule has 0 saturated carbocycles. The second-order valence-electron chi connectivity index (χ2n) is 3.85. The van der Waals surface area contributed by atoms with Gasteiger partial charge in [-0.3, -0.25) is 0 Å². The predicted molar refractivity (Wildman–Crippen MR) is 71.1 cm³/mol. The zero-order valence-corrected chi connectivity index (χ0v) is 10.5.